The van der Waals surface area contributed by atoms with Crippen molar-refractivity contribution in [3.63, 3.8) is 0 Å². The topological polar surface area (TPSA) is 52.3 Å². The Hall–Kier alpha value is -1.00. The first-order chi connectivity index (χ1) is 8.68. The van der Waals surface area contributed by atoms with Gasteiger partial charge in [0.15, 0.2) is 5.12 Å². The van der Waals surface area contributed by atoms with Crippen molar-refractivity contribution in [2.75, 3.05) is 12.4 Å². The van der Waals surface area contributed by atoms with Crippen LogP contribution in [0.5, 0.6) is 5.75 Å². The molecule has 0 fully saturated rings. The number of carbonyl (C=O) groups is 1. The first-order valence-corrected chi connectivity index (χ1v) is 7.24. The quantitative estimate of drug-likeness (QED) is 0.736. The molecule has 100 valence electrons. The lowest BCUT2D eigenvalue weighted by molar-refractivity contribution is -0.109. The Morgan fingerprint density at radius 1 is 1.33 bits per heavy atom. The molecule has 0 unspecified atom stereocenters. The first kappa shape index (κ1) is 15.1. The summed E-state index contributed by atoms with van der Waals surface area (Å²) in [5.41, 5.74) is 5.90. The molecular weight excluding hydrogens is 246 g/mol. The summed E-state index contributed by atoms with van der Waals surface area (Å²) in [7, 11) is 0. The molecule has 0 saturated carbocycles. The summed E-state index contributed by atoms with van der Waals surface area (Å²) < 4.78 is 5.59. The lowest BCUT2D eigenvalue weighted by Crippen LogP contribution is -2.23. The zero-order valence-corrected chi connectivity index (χ0v) is 11.6. The zero-order chi connectivity index (χ0) is 13.2. The van der Waals surface area contributed by atoms with Crippen molar-refractivity contribution < 1.29 is 9.53 Å². The van der Waals surface area contributed by atoms with Gasteiger partial charge in [0.2, 0.25) is 0 Å². The fourth-order valence-electron chi connectivity index (χ4n) is 1.52. The van der Waals surface area contributed by atoms with E-state index >= 15 is 0 Å². The van der Waals surface area contributed by atoms with Crippen molar-refractivity contribution in [3.8, 4) is 5.75 Å². The van der Waals surface area contributed by atoms with Crippen LogP contribution in [-0.2, 0) is 4.79 Å². The molecule has 3 nitrogen and oxygen atoms in total. The Morgan fingerprint density at radius 2 is 2.06 bits per heavy atom. The predicted octanol–water partition coefficient (Wildman–Crippen LogP) is 2.84. The van der Waals surface area contributed by atoms with Gasteiger partial charge in [-0.05, 0) is 31.4 Å². The van der Waals surface area contributed by atoms with Gasteiger partial charge in [-0.15, -0.1) is 0 Å². The van der Waals surface area contributed by atoms with Gasteiger partial charge < -0.3 is 10.5 Å². The molecule has 0 bridgehead atoms. The van der Waals surface area contributed by atoms with Crippen LogP contribution in [0, 0.1) is 0 Å². The molecule has 0 radical (unpaired) electrons. The van der Waals surface area contributed by atoms with E-state index < -0.39 is 0 Å². The van der Waals surface area contributed by atoms with Crippen LogP contribution in [0.4, 0.5) is 0 Å². The first-order valence-electron chi connectivity index (χ1n) is 6.25. The molecule has 18 heavy (non-hydrogen) atoms. The van der Waals surface area contributed by atoms with Crippen LogP contribution in [0.2, 0.25) is 0 Å². The SMILES string of the molecule is CC(=O)SC[C@@H](N)CCCCOc1ccccc1. The molecule has 1 rings (SSSR count). The predicted molar refractivity (Wildman–Crippen MR) is 76.9 cm³/mol. The number of benzene rings is 1. The highest BCUT2D eigenvalue weighted by molar-refractivity contribution is 8.13. The number of hydrogen-bond acceptors (Lipinski definition) is 4. The molecule has 0 aromatic heterocycles. The number of ether oxygens (including phenoxy) is 1. The second kappa shape index (κ2) is 9.00. The third-order valence-corrected chi connectivity index (χ3v) is 3.48. The minimum absolute atomic E-state index is 0.107. The molecule has 0 spiro atoms. The van der Waals surface area contributed by atoms with Crippen LogP contribution < -0.4 is 10.5 Å². The normalized spacial score (nSPS) is 12.1. The summed E-state index contributed by atoms with van der Waals surface area (Å²) in [6.45, 7) is 2.29. The minimum Gasteiger partial charge on any atom is -0.494 e. The van der Waals surface area contributed by atoms with Crippen LogP contribution in [0.3, 0.4) is 0 Å². The smallest absolute Gasteiger partial charge is 0.185 e. The number of rotatable bonds is 8. The molecule has 1 aromatic carbocycles. The highest BCUT2D eigenvalue weighted by Gasteiger charge is 2.04. The summed E-state index contributed by atoms with van der Waals surface area (Å²) in [4.78, 5) is 10.8. The Labute approximate surface area is 113 Å². The fourth-order valence-corrected chi connectivity index (χ4v) is 2.14. The monoisotopic (exact) mass is 267 g/mol. The van der Waals surface area contributed by atoms with Gasteiger partial charge in [-0.2, -0.15) is 0 Å². The van der Waals surface area contributed by atoms with Crippen LogP contribution in [0.25, 0.3) is 0 Å². The van der Waals surface area contributed by atoms with Crippen molar-refractivity contribution >= 4 is 16.9 Å². The molecule has 0 heterocycles. The lowest BCUT2D eigenvalue weighted by Gasteiger charge is -2.10. The third-order valence-electron chi connectivity index (χ3n) is 2.48. The van der Waals surface area contributed by atoms with E-state index in [1.165, 1.54) is 11.8 Å². The van der Waals surface area contributed by atoms with Gasteiger partial charge in [0.25, 0.3) is 0 Å². The molecule has 0 aliphatic heterocycles. The van der Waals surface area contributed by atoms with Crippen LogP contribution >= 0.6 is 11.8 Å². The summed E-state index contributed by atoms with van der Waals surface area (Å²) in [6.07, 6.45) is 2.97. The highest BCUT2D eigenvalue weighted by Crippen LogP contribution is 2.11. The Kier molecular flexibility index (Phi) is 7.53. The second-order valence-electron chi connectivity index (χ2n) is 4.22. The van der Waals surface area contributed by atoms with Crippen molar-refractivity contribution in [3.05, 3.63) is 30.3 Å². The zero-order valence-electron chi connectivity index (χ0n) is 10.8. The van der Waals surface area contributed by atoms with E-state index in [1.807, 2.05) is 30.3 Å². The van der Waals surface area contributed by atoms with Gasteiger partial charge in [0.1, 0.15) is 5.75 Å². The van der Waals surface area contributed by atoms with Gasteiger partial charge in [0, 0.05) is 18.7 Å². The third kappa shape index (κ3) is 7.35. The van der Waals surface area contributed by atoms with Gasteiger partial charge in [-0.25, -0.2) is 0 Å². The van der Waals surface area contributed by atoms with Gasteiger partial charge in [-0.3, -0.25) is 4.79 Å². The van der Waals surface area contributed by atoms with E-state index in [0.29, 0.717) is 0 Å². The number of nitrogens with two attached hydrogens (primary N) is 1. The molecule has 4 heteroatoms. The average Bonchev–Trinajstić information content (AvgIpc) is 2.37. The maximum atomic E-state index is 10.8. The Bertz CT molecular complexity index is 343. The van der Waals surface area contributed by atoms with Crippen molar-refractivity contribution in [2.24, 2.45) is 5.73 Å². The fraction of sp³-hybridized carbons (Fsp3) is 0.500. The van der Waals surface area contributed by atoms with E-state index in [0.717, 1.165) is 37.4 Å². The van der Waals surface area contributed by atoms with E-state index in [1.54, 1.807) is 6.92 Å². The van der Waals surface area contributed by atoms with E-state index in [-0.39, 0.29) is 11.2 Å². The van der Waals surface area contributed by atoms with Gasteiger partial charge in [0.05, 0.1) is 6.61 Å². The van der Waals surface area contributed by atoms with Crippen molar-refractivity contribution in [1.29, 1.82) is 0 Å². The van der Waals surface area contributed by atoms with Gasteiger partial charge >= 0.3 is 0 Å². The van der Waals surface area contributed by atoms with Crippen LogP contribution in [0.1, 0.15) is 26.2 Å². The van der Waals surface area contributed by atoms with Crippen LogP contribution in [-0.4, -0.2) is 23.5 Å². The largest absolute Gasteiger partial charge is 0.494 e. The molecule has 1 atom stereocenters. The van der Waals surface area contributed by atoms with E-state index in [4.69, 9.17) is 10.5 Å². The Morgan fingerprint density at radius 3 is 2.72 bits per heavy atom. The lowest BCUT2D eigenvalue weighted by atomic mass is 10.1. The molecule has 0 amide bonds. The number of carbonyl (C=O) groups excluding carboxylic acids is 1. The summed E-state index contributed by atoms with van der Waals surface area (Å²) in [5, 5.41) is 0.137. The number of unbranched alkanes of at least 4 members (excludes halogenated alkanes) is 1. The molecule has 0 aliphatic carbocycles. The summed E-state index contributed by atoms with van der Waals surface area (Å²) in [6, 6.07) is 9.91. The average molecular weight is 267 g/mol. The number of thioether (sulfide) groups is 1. The molecule has 0 saturated heterocycles. The van der Waals surface area contributed by atoms with Crippen LogP contribution in [0.15, 0.2) is 30.3 Å². The van der Waals surface area contributed by atoms with E-state index in [2.05, 4.69) is 0 Å². The second-order valence-corrected chi connectivity index (χ2v) is 5.42. The maximum absolute atomic E-state index is 10.8. The molecule has 1 aromatic rings. The molecule has 0 aliphatic rings. The van der Waals surface area contributed by atoms with Crippen molar-refractivity contribution in [1.82, 2.24) is 0 Å². The standard InChI is InChI=1S/C14H21NO2S/c1-12(16)18-11-13(15)7-5-6-10-17-14-8-3-2-4-9-14/h2-4,8-9,13H,5-7,10-11,15H2,1H3/t13-/m0/s1. The van der Waals surface area contributed by atoms with Crippen molar-refractivity contribution in [2.45, 2.75) is 32.2 Å². The molecular formula is C14H21NO2S. The highest BCUT2D eigenvalue weighted by atomic mass is 32.2. The van der Waals surface area contributed by atoms with E-state index in [9.17, 15) is 4.79 Å². The summed E-state index contributed by atoms with van der Waals surface area (Å²) >= 11 is 1.30. The molecule has 2 N–H and O–H groups in total. The Balaban J connectivity index is 2.00. The number of hydrogen-bond donors (Lipinski definition) is 1. The maximum Gasteiger partial charge on any atom is 0.185 e. The minimum atomic E-state index is 0.107. The number of para-hydroxylation sites is 1. The summed E-state index contributed by atoms with van der Waals surface area (Å²) in [5.74, 6) is 1.63. The van der Waals surface area contributed by atoms with Gasteiger partial charge in [-0.1, -0.05) is 30.0 Å².